The molecule has 2 N–H and O–H groups in total. The van der Waals surface area contributed by atoms with Gasteiger partial charge in [-0.05, 0) is 30.5 Å². The molecule has 1 saturated carbocycles. The summed E-state index contributed by atoms with van der Waals surface area (Å²) >= 11 is 0. The van der Waals surface area contributed by atoms with Gasteiger partial charge < -0.3 is 5.11 Å². The molecule has 0 radical (unpaired) electrons. The molecule has 0 amide bonds. The van der Waals surface area contributed by atoms with Gasteiger partial charge in [0.1, 0.15) is 12.4 Å². The van der Waals surface area contributed by atoms with Gasteiger partial charge in [0.2, 0.25) is 10.0 Å². The third-order valence-electron chi connectivity index (χ3n) is 3.62. The fourth-order valence-corrected chi connectivity index (χ4v) is 3.22. The molecular weight excluding hydrogens is 293 g/mol. The summed E-state index contributed by atoms with van der Waals surface area (Å²) in [6.45, 7) is 0.00288. The Morgan fingerprint density at radius 3 is 2.71 bits per heavy atom. The van der Waals surface area contributed by atoms with E-state index in [9.17, 15) is 12.8 Å². The number of benzene rings is 1. The Morgan fingerprint density at radius 2 is 2.14 bits per heavy atom. The van der Waals surface area contributed by atoms with Crippen molar-refractivity contribution < 1.29 is 17.9 Å². The molecule has 0 aromatic heterocycles. The van der Waals surface area contributed by atoms with Crippen LogP contribution < -0.4 is 4.72 Å². The van der Waals surface area contributed by atoms with Gasteiger partial charge in [0.15, 0.2) is 0 Å². The number of hydrogen-bond donors (Lipinski definition) is 2. The first-order valence-corrected chi connectivity index (χ1v) is 8.40. The van der Waals surface area contributed by atoms with Crippen LogP contribution in [-0.2, 0) is 10.0 Å². The van der Waals surface area contributed by atoms with Gasteiger partial charge in [0.25, 0.3) is 0 Å². The zero-order chi connectivity index (χ0) is 15.3. The van der Waals surface area contributed by atoms with Gasteiger partial charge in [-0.15, -0.1) is 0 Å². The van der Waals surface area contributed by atoms with Gasteiger partial charge in [-0.3, -0.25) is 0 Å². The normalized spacial score (nSPS) is 15.1. The Balaban J connectivity index is 2.03. The van der Waals surface area contributed by atoms with E-state index in [1.54, 1.807) is 0 Å². The van der Waals surface area contributed by atoms with Crippen molar-refractivity contribution in [2.75, 3.05) is 13.2 Å². The molecule has 1 aliphatic carbocycles. The van der Waals surface area contributed by atoms with Crippen LogP contribution in [0.1, 0.15) is 31.2 Å². The molecule has 1 aliphatic rings. The van der Waals surface area contributed by atoms with Crippen LogP contribution in [0.15, 0.2) is 23.1 Å². The predicted molar refractivity (Wildman–Crippen MR) is 77.5 cm³/mol. The van der Waals surface area contributed by atoms with Gasteiger partial charge in [-0.2, -0.15) is 0 Å². The smallest absolute Gasteiger partial charge is 0.240 e. The molecule has 1 aromatic rings. The van der Waals surface area contributed by atoms with E-state index >= 15 is 0 Å². The number of nitrogens with one attached hydrogen (secondary N) is 1. The lowest BCUT2D eigenvalue weighted by molar-refractivity contribution is 0.297. The standard InChI is InChI=1S/C15H18FNO3S/c16-15-11-14(7-6-13(15)5-2-10-18)21(19,20)17-9-8-12-3-1-4-12/h6-7,11-12,17-18H,1,3-4,8-10H2. The minimum absolute atomic E-state index is 0.0671. The van der Waals surface area contributed by atoms with E-state index < -0.39 is 15.8 Å². The number of halogens is 1. The van der Waals surface area contributed by atoms with Gasteiger partial charge in [-0.1, -0.05) is 31.1 Å². The molecule has 1 fully saturated rings. The summed E-state index contributed by atoms with van der Waals surface area (Å²) in [5.41, 5.74) is 0.0671. The maximum Gasteiger partial charge on any atom is 0.240 e. The highest BCUT2D eigenvalue weighted by Crippen LogP contribution is 2.28. The number of aliphatic hydroxyl groups excluding tert-OH is 1. The average molecular weight is 311 g/mol. The molecule has 21 heavy (non-hydrogen) atoms. The topological polar surface area (TPSA) is 66.4 Å². The van der Waals surface area contributed by atoms with Crippen molar-refractivity contribution in [1.29, 1.82) is 0 Å². The third-order valence-corrected chi connectivity index (χ3v) is 5.08. The fraction of sp³-hybridized carbons (Fsp3) is 0.467. The Morgan fingerprint density at radius 1 is 1.38 bits per heavy atom. The highest BCUT2D eigenvalue weighted by atomic mass is 32.2. The van der Waals surface area contributed by atoms with Gasteiger partial charge in [0, 0.05) is 6.54 Å². The molecular formula is C15H18FNO3S. The second-order valence-corrected chi connectivity index (χ2v) is 6.85. The molecule has 0 atom stereocenters. The Hall–Kier alpha value is -1.42. The molecule has 114 valence electrons. The van der Waals surface area contributed by atoms with Crippen molar-refractivity contribution >= 4 is 10.0 Å². The number of aliphatic hydroxyl groups is 1. The summed E-state index contributed by atoms with van der Waals surface area (Å²) in [6, 6.07) is 3.57. The van der Waals surface area contributed by atoms with Crippen molar-refractivity contribution in [2.24, 2.45) is 5.92 Å². The Labute approximate surface area is 124 Å². The van der Waals surface area contributed by atoms with E-state index in [2.05, 4.69) is 16.6 Å². The quantitative estimate of drug-likeness (QED) is 0.812. The van der Waals surface area contributed by atoms with Crippen molar-refractivity contribution in [3.05, 3.63) is 29.6 Å². The minimum Gasteiger partial charge on any atom is -0.384 e. The third kappa shape index (κ3) is 4.27. The van der Waals surface area contributed by atoms with Crippen molar-refractivity contribution in [2.45, 2.75) is 30.6 Å². The molecule has 0 aliphatic heterocycles. The Bertz CT molecular complexity index is 657. The molecule has 0 bridgehead atoms. The number of hydrogen-bond acceptors (Lipinski definition) is 3. The maximum absolute atomic E-state index is 13.7. The van der Waals surface area contributed by atoms with E-state index in [4.69, 9.17) is 5.11 Å². The van der Waals surface area contributed by atoms with Crippen LogP contribution >= 0.6 is 0 Å². The zero-order valence-electron chi connectivity index (χ0n) is 11.6. The van der Waals surface area contributed by atoms with Gasteiger partial charge >= 0.3 is 0 Å². The highest BCUT2D eigenvalue weighted by molar-refractivity contribution is 7.89. The first-order chi connectivity index (χ1) is 10.0. The second kappa shape index (κ2) is 7.03. The molecule has 0 saturated heterocycles. The highest BCUT2D eigenvalue weighted by Gasteiger charge is 2.19. The van der Waals surface area contributed by atoms with Crippen LogP contribution in [0.5, 0.6) is 0 Å². The first kappa shape index (κ1) is 16.0. The van der Waals surface area contributed by atoms with Crippen LogP contribution in [0.25, 0.3) is 0 Å². The molecule has 0 unspecified atom stereocenters. The molecule has 6 heteroatoms. The lowest BCUT2D eigenvalue weighted by atomic mass is 9.83. The summed E-state index contributed by atoms with van der Waals surface area (Å²) in [5.74, 6) is 4.65. The average Bonchev–Trinajstić information content (AvgIpc) is 2.40. The number of rotatable bonds is 5. The monoisotopic (exact) mass is 311 g/mol. The summed E-state index contributed by atoms with van der Waals surface area (Å²) in [5, 5.41) is 8.57. The molecule has 4 nitrogen and oxygen atoms in total. The molecule has 1 aromatic carbocycles. The number of sulfonamides is 1. The van der Waals surface area contributed by atoms with E-state index in [0.717, 1.165) is 25.3 Å². The SMILES string of the molecule is O=S(=O)(NCCC1CCC1)c1ccc(C#CCO)c(F)c1. The maximum atomic E-state index is 13.7. The van der Waals surface area contributed by atoms with E-state index in [0.29, 0.717) is 12.5 Å². The predicted octanol–water partition coefficient (Wildman–Crippen LogP) is 1.64. The van der Waals surface area contributed by atoms with Crippen LogP contribution in [0, 0.1) is 23.6 Å². The van der Waals surface area contributed by atoms with E-state index in [1.807, 2.05) is 0 Å². The van der Waals surface area contributed by atoms with Gasteiger partial charge in [0.05, 0.1) is 10.5 Å². The fourth-order valence-electron chi connectivity index (χ4n) is 2.16. The van der Waals surface area contributed by atoms with Crippen LogP contribution in [0.4, 0.5) is 4.39 Å². The molecule has 2 rings (SSSR count). The first-order valence-electron chi connectivity index (χ1n) is 6.92. The lowest BCUT2D eigenvalue weighted by Gasteiger charge is -2.25. The largest absolute Gasteiger partial charge is 0.384 e. The lowest BCUT2D eigenvalue weighted by Crippen LogP contribution is -2.27. The van der Waals surface area contributed by atoms with E-state index in [1.165, 1.54) is 18.6 Å². The molecule has 0 heterocycles. The minimum atomic E-state index is -3.69. The summed E-state index contributed by atoms with van der Waals surface area (Å²) in [4.78, 5) is -0.108. The summed E-state index contributed by atoms with van der Waals surface area (Å²) < 4.78 is 40.3. The zero-order valence-corrected chi connectivity index (χ0v) is 12.4. The van der Waals surface area contributed by atoms with Gasteiger partial charge in [-0.25, -0.2) is 17.5 Å². The van der Waals surface area contributed by atoms with E-state index in [-0.39, 0.29) is 17.1 Å². The Kier molecular flexibility index (Phi) is 5.34. The van der Waals surface area contributed by atoms with Crippen LogP contribution in [0.3, 0.4) is 0 Å². The van der Waals surface area contributed by atoms with Crippen LogP contribution in [0.2, 0.25) is 0 Å². The summed E-state index contributed by atoms with van der Waals surface area (Å²) in [7, 11) is -3.69. The second-order valence-electron chi connectivity index (χ2n) is 5.08. The van der Waals surface area contributed by atoms with Crippen molar-refractivity contribution in [1.82, 2.24) is 4.72 Å². The van der Waals surface area contributed by atoms with Crippen LogP contribution in [-0.4, -0.2) is 26.7 Å². The summed E-state index contributed by atoms with van der Waals surface area (Å²) in [6.07, 6.45) is 4.36. The molecule has 0 spiro atoms. The van der Waals surface area contributed by atoms with Crippen molar-refractivity contribution in [3.63, 3.8) is 0 Å². The van der Waals surface area contributed by atoms with Crippen molar-refractivity contribution in [3.8, 4) is 11.8 Å².